The number of hydrogen-bond donors (Lipinski definition) is 1. The van der Waals surface area contributed by atoms with Crippen LogP contribution in [-0.2, 0) is 33.2 Å². The highest BCUT2D eigenvalue weighted by molar-refractivity contribution is 7.89. The Bertz CT molecular complexity index is 979. The molecule has 0 radical (unpaired) electrons. The van der Waals surface area contributed by atoms with E-state index in [2.05, 4.69) is 22.9 Å². The van der Waals surface area contributed by atoms with Crippen molar-refractivity contribution in [3.63, 3.8) is 0 Å². The summed E-state index contributed by atoms with van der Waals surface area (Å²) in [6, 6.07) is 15.1. The molecule has 1 aliphatic heterocycles. The SMILES string of the molecule is CCNS(=O)(=O)c1ccc(CC(=O)N2Cc3ccccc3C3(CCC3)C2)cc1. The first-order chi connectivity index (χ1) is 13.4. The van der Waals surface area contributed by atoms with Crippen LogP contribution in [0.15, 0.2) is 53.4 Å². The van der Waals surface area contributed by atoms with Crippen LogP contribution in [0.5, 0.6) is 0 Å². The Balaban J connectivity index is 1.49. The van der Waals surface area contributed by atoms with E-state index >= 15 is 0 Å². The molecule has 0 saturated heterocycles. The molecule has 0 atom stereocenters. The monoisotopic (exact) mass is 398 g/mol. The lowest BCUT2D eigenvalue weighted by atomic mass is 9.61. The first kappa shape index (κ1) is 19.2. The van der Waals surface area contributed by atoms with E-state index in [1.54, 1.807) is 31.2 Å². The normalized spacial score (nSPS) is 17.8. The molecule has 1 N–H and O–H groups in total. The van der Waals surface area contributed by atoms with Gasteiger partial charge in [0.1, 0.15) is 0 Å². The van der Waals surface area contributed by atoms with Gasteiger partial charge in [-0.25, -0.2) is 13.1 Å². The second kappa shape index (κ2) is 7.33. The van der Waals surface area contributed by atoms with E-state index < -0.39 is 10.0 Å². The molecule has 2 aliphatic rings. The van der Waals surface area contributed by atoms with Gasteiger partial charge >= 0.3 is 0 Å². The molecule has 1 heterocycles. The number of sulfonamides is 1. The minimum atomic E-state index is -3.47. The van der Waals surface area contributed by atoms with Crippen LogP contribution in [0.1, 0.15) is 42.9 Å². The molecule has 4 rings (SSSR count). The molecule has 1 saturated carbocycles. The number of carbonyl (C=O) groups is 1. The lowest BCUT2D eigenvalue weighted by molar-refractivity contribution is -0.133. The molecular formula is C22H26N2O3S. The first-order valence-corrected chi connectivity index (χ1v) is 11.4. The zero-order valence-corrected chi connectivity index (χ0v) is 17.0. The summed E-state index contributed by atoms with van der Waals surface area (Å²) < 4.78 is 26.6. The molecule has 0 bridgehead atoms. The number of amides is 1. The van der Waals surface area contributed by atoms with Gasteiger partial charge < -0.3 is 4.90 Å². The number of nitrogens with zero attached hydrogens (tertiary/aromatic N) is 1. The molecule has 2 aromatic carbocycles. The first-order valence-electron chi connectivity index (χ1n) is 9.88. The highest BCUT2D eigenvalue weighted by Crippen LogP contribution is 2.48. The summed E-state index contributed by atoms with van der Waals surface area (Å²) >= 11 is 0. The molecule has 0 aromatic heterocycles. The molecule has 6 heteroatoms. The number of nitrogens with one attached hydrogen (secondary N) is 1. The number of rotatable bonds is 5. The number of benzene rings is 2. The molecular weight excluding hydrogens is 372 g/mol. The molecule has 28 heavy (non-hydrogen) atoms. The second-order valence-electron chi connectivity index (χ2n) is 7.86. The third-order valence-electron chi connectivity index (χ3n) is 6.03. The average molecular weight is 399 g/mol. The van der Waals surface area contributed by atoms with E-state index in [0.29, 0.717) is 19.5 Å². The maximum Gasteiger partial charge on any atom is 0.240 e. The summed E-state index contributed by atoms with van der Waals surface area (Å²) in [5.74, 6) is 0.100. The summed E-state index contributed by atoms with van der Waals surface area (Å²) in [5, 5.41) is 0. The Labute approximate surface area is 166 Å². The number of fused-ring (bicyclic) bond motifs is 2. The van der Waals surface area contributed by atoms with Crippen molar-refractivity contribution in [1.29, 1.82) is 0 Å². The van der Waals surface area contributed by atoms with Gasteiger partial charge in [-0.2, -0.15) is 0 Å². The van der Waals surface area contributed by atoms with E-state index in [1.165, 1.54) is 17.5 Å². The minimum absolute atomic E-state index is 0.100. The fourth-order valence-electron chi connectivity index (χ4n) is 4.44. The maximum absolute atomic E-state index is 13.0. The van der Waals surface area contributed by atoms with Crippen molar-refractivity contribution in [2.24, 2.45) is 0 Å². The van der Waals surface area contributed by atoms with Crippen molar-refractivity contribution in [3.8, 4) is 0 Å². The molecule has 2 aromatic rings. The van der Waals surface area contributed by atoms with Gasteiger partial charge in [0.15, 0.2) is 0 Å². The van der Waals surface area contributed by atoms with E-state index in [4.69, 9.17) is 0 Å². The van der Waals surface area contributed by atoms with Crippen LogP contribution >= 0.6 is 0 Å². The van der Waals surface area contributed by atoms with Crippen LogP contribution < -0.4 is 4.72 Å². The summed E-state index contributed by atoms with van der Waals surface area (Å²) in [6.07, 6.45) is 3.80. The van der Waals surface area contributed by atoms with Crippen molar-refractivity contribution in [2.45, 2.75) is 49.5 Å². The number of hydrogen-bond acceptors (Lipinski definition) is 3. The highest BCUT2D eigenvalue weighted by atomic mass is 32.2. The van der Waals surface area contributed by atoms with Gasteiger partial charge in [-0.1, -0.05) is 49.7 Å². The van der Waals surface area contributed by atoms with Crippen LogP contribution in [0.2, 0.25) is 0 Å². The molecule has 5 nitrogen and oxygen atoms in total. The van der Waals surface area contributed by atoms with Gasteiger partial charge in [-0.3, -0.25) is 4.79 Å². The average Bonchev–Trinajstić information content (AvgIpc) is 2.66. The van der Waals surface area contributed by atoms with Crippen molar-refractivity contribution in [3.05, 3.63) is 65.2 Å². The van der Waals surface area contributed by atoms with Crippen molar-refractivity contribution in [2.75, 3.05) is 13.1 Å². The van der Waals surface area contributed by atoms with Gasteiger partial charge in [0.25, 0.3) is 0 Å². The maximum atomic E-state index is 13.0. The van der Waals surface area contributed by atoms with E-state index in [-0.39, 0.29) is 16.2 Å². The Hall–Kier alpha value is -2.18. The van der Waals surface area contributed by atoms with Crippen LogP contribution in [0.25, 0.3) is 0 Å². The van der Waals surface area contributed by atoms with Gasteiger partial charge in [-0.15, -0.1) is 0 Å². The predicted octanol–water partition coefficient (Wildman–Crippen LogP) is 2.99. The van der Waals surface area contributed by atoms with E-state index in [9.17, 15) is 13.2 Å². The second-order valence-corrected chi connectivity index (χ2v) is 9.63. The Kier molecular flexibility index (Phi) is 5.02. The zero-order chi connectivity index (χ0) is 19.8. The third-order valence-corrected chi connectivity index (χ3v) is 7.59. The largest absolute Gasteiger partial charge is 0.337 e. The van der Waals surface area contributed by atoms with Crippen molar-refractivity contribution >= 4 is 15.9 Å². The standard InChI is InChI=1S/C22H26N2O3S/c1-2-23-28(26,27)19-10-8-17(9-11-19)14-21(25)24-15-18-6-3-4-7-20(18)22(16-24)12-5-13-22/h3-4,6-11,23H,2,5,12-16H2,1H3. The van der Waals surface area contributed by atoms with Crippen molar-refractivity contribution in [1.82, 2.24) is 9.62 Å². The van der Waals surface area contributed by atoms with Gasteiger partial charge in [0.2, 0.25) is 15.9 Å². The number of carbonyl (C=O) groups excluding carboxylic acids is 1. The van der Waals surface area contributed by atoms with E-state index in [0.717, 1.165) is 24.9 Å². The molecule has 1 aliphatic carbocycles. The van der Waals surface area contributed by atoms with Crippen LogP contribution in [0.4, 0.5) is 0 Å². The van der Waals surface area contributed by atoms with E-state index in [1.807, 2.05) is 11.0 Å². The van der Waals surface area contributed by atoms with Crippen LogP contribution in [-0.4, -0.2) is 32.3 Å². The molecule has 0 unspecified atom stereocenters. The highest BCUT2D eigenvalue weighted by Gasteiger charge is 2.44. The Morgan fingerprint density at radius 3 is 2.46 bits per heavy atom. The van der Waals surface area contributed by atoms with Gasteiger partial charge in [0.05, 0.1) is 11.3 Å². The summed E-state index contributed by atoms with van der Waals surface area (Å²) in [6.45, 7) is 3.54. The summed E-state index contributed by atoms with van der Waals surface area (Å²) in [5.41, 5.74) is 3.65. The third kappa shape index (κ3) is 3.47. The molecule has 1 spiro atoms. The van der Waals surface area contributed by atoms with Gasteiger partial charge in [0, 0.05) is 25.0 Å². The molecule has 148 valence electrons. The summed E-state index contributed by atoms with van der Waals surface area (Å²) in [7, 11) is -3.47. The fraction of sp³-hybridized carbons (Fsp3) is 0.409. The smallest absolute Gasteiger partial charge is 0.240 e. The molecule has 1 fully saturated rings. The fourth-order valence-corrected chi connectivity index (χ4v) is 5.48. The van der Waals surface area contributed by atoms with Gasteiger partial charge in [-0.05, 0) is 41.7 Å². The lowest BCUT2D eigenvalue weighted by Crippen LogP contribution is -2.51. The minimum Gasteiger partial charge on any atom is -0.337 e. The topological polar surface area (TPSA) is 66.5 Å². The Morgan fingerprint density at radius 2 is 1.82 bits per heavy atom. The molecule has 1 amide bonds. The van der Waals surface area contributed by atoms with Crippen molar-refractivity contribution < 1.29 is 13.2 Å². The quantitative estimate of drug-likeness (QED) is 0.842. The predicted molar refractivity (Wildman–Crippen MR) is 108 cm³/mol. The lowest BCUT2D eigenvalue weighted by Gasteiger charge is -2.50. The van der Waals surface area contributed by atoms with Crippen LogP contribution in [0, 0.1) is 0 Å². The summed E-state index contributed by atoms with van der Waals surface area (Å²) in [4.78, 5) is 15.2. The zero-order valence-electron chi connectivity index (χ0n) is 16.1. The Morgan fingerprint density at radius 1 is 1.11 bits per heavy atom. The van der Waals surface area contributed by atoms with Crippen LogP contribution in [0.3, 0.4) is 0 Å².